The lowest BCUT2D eigenvalue weighted by Gasteiger charge is -2.26. The summed E-state index contributed by atoms with van der Waals surface area (Å²) in [7, 11) is 5.99. The molecule has 2 aromatic rings. The third-order valence-corrected chi connectivity index (χ3v) is 4.80. The van der Waals surface area contributed by atoms with Gasteiger partial charge in [-0.15, -0.1) is 24.0 Å². The second-order valence-corrected chi connectivity index (χ2v) is 7.08. The van der Waals surface area contributed by atoms with Gasteiger partial charge >= 0.3 is 0 Å². The Kier molecular flexibility index (Phi) is 11.4. The van der Waals surface area contributed by atoms with Gasteiger partial charge in [0.15, 0.2) is 5.96 Å². The first kappa shape index (κ1) is 24.7. The zero-order chi connectivity index (χ0) is 19.6. The van der Waals surface area contributed by atoms with Crippen LogP contribution >= 0.6 is 35.6 Å². The first-order valence-electron chi connectivity index (χ1n) is 9.33. The van der Waals surface area contributed by atoms with Crippen molar-refractivity contribution in [2.75, 3.05) is 34.2 Å². The topological polar surface area (TPSA) is 52.6 Å². The number of benzene rings is 1. The lowest BCUT2D eigenvalue weighted by atomic mass is 10.0. The Balaban J connectivity index is 0.00000392. The Morgan fingerprint density at radius 1 is 1.11 bits per heavy atom. The number of nitrogens with zero attached hydrogens (tertiary/aromatic N) is 3. The average molecular weight is 516 g/mol. The van der Waals surface area contributed by atoms with Crippen LogP contribution in [-0.2, 0) is 12.8 Å². The zero-order valence-electron chi connectivity index (χ0n) is 17.1. The molecule has 0 aliphatic rings. The molecule has 0 aliphatic carbocycles. The minimum Gasteiger partial charge on any atom is -0.356 e. The fourth-order valence-corrected chi connectivity index (χ4v) is 2.98. The molecule has 1 aromatic carbocycles. The molecule has 1 aromatic heterocycles. The maximum absolute atomic E-state index is 5.82. The van der Waals surface area contributed by atoms with E-state index in [1.807, 2.05) is 18.3 Å². The van der Waals surface area contributed by atoms with E-state index in [1.54, 1.807) is 7.05 Å². The Morgan fingerprint density at radius 2 is 1.79 bits per heavy atom. The largest absolute Gasteiger partial charge is 0.356 e. The maximum Gasteiger partial charge on any atom is 0.191 e. The van der Waals surface area contributed by atoms with Gasteiger partial charge < -0.3 is 15.5 Å². The van der Waals surface area contributed by atoms with Gasteiger partial charge in [0.25, 0.3) is 0 Å². The van der Waals surface area contributed by atoms with Crippen molar-refractivity contribution in [2.45, 2.75) is 25.8 Å². The SMILES string of the molecule is CCc1ccc(C(CNC(=NC)NCCc2ccc(Cl)nc2)N(C)C)cc1.I. The minimum atomic E-state index is 0. The Hall–Kier alpha value is -1.38. The van der Waals surface area contributed by atoms with E-state index >= 15 is 0 Å². The molecule has 0 radical (unpaired) electrons. The van der Waals surface area contributed by atoms with Gasteiger partial charge in [-0.2, -0.15) is 0 Å². The third kappa shape index (κ3) is 7.93. The van der Waals surface area contributed by atoms with Gasteiger partial charge in [0, 0.05) is 26.3 Å². The summed E-state index contributed by atoms with van der Waals surface area (Å²) in [6.45, 7) is 3.73. The van der Waals surface area contributed by atoms with Crippen molar-refractivity contribution in [3.8, 4) is 0 Å². The van der Waals surface area contributed by atoms with Crippen molar-refractivity contribution >= 4 is 41.5 Å². The van der Waals surface area contributed by atoms with Gasteiger partial charge in [0.05, 0.1) is 6.04 Å². The third-order valence-electron chi connectivity index (χ3n) is 4.58. The number of halogens is 2. The summed E-state index contributed by atoms with van der Waals surface area (Å²) in [4.78, 5) is 10.7. The van der Waals surface area contributed by atoms with Crippen LogP contribution in [0.1, 0.15) is 29.7 Å². The first-order chi connectivity index (χ1) is 13.0. The number of rotatable bonds is 8. The smallest absolute Gasteiger partial charge is 0.191 e. The highest BCUT2D eigenvalue weighted by Crippen LogP contribution is 2.18. The van der Waals surface area contributed by atoms with E-state index < -0.39 is 0 Å². The van der Waals surface area contributed by atoms with E-state index in [4.69, 9.17) is 11.6 Å². The number of nitrogens with one attached hydrogen (secondary N) is 2. The molecule has 7 heteroatoms. The summed E-state index contributed by atoms with van der Waals surface area (Å²) in [5, 5.41) is 7.31. The van der Waals surface area contributed by atoms with E-state index in [9.17, 15) is 0 Å². The summed E-state index contributed by atoms with van der Waals surface area (Å²) in [5.41, 5.74) is 3.80. The molecule has 2 rings (SSSR count). The highest BCUT2D eigenvalue weighted by molar-refractivity contribution is 14.0. The van der Waals surface area contributed by atoms with Crippen LogP contribution in [0.15, 0.2) is 47.6 Å². The molecule has 1 heterocycles. The van der Waals surface area contributed by atoms with Crippen molar-refractivity contribution in [3.05, 3.63) is 64.4 Å². The van der Waals surface area contributed by atoms with E-state index in [0.29, 0.717) is 5.15 Å². The number of guanidine groups is 1. The van der Waals surface area contributed by atoms with Crippen LogP contribution in [0.2, 0.25) is 5.15 Å². The predicted molar refractivity (Wildman–Crippen MR) is 130 cm³/mol. The van der Waals surface area contributed by atoms with E-state index in [-0.39, 0.29) is 30.0 Å². The fraction of sp³-hybridized carbons (Fsp3) is 0.429. The number of aliphatic imine (C=N–C) groups is 1. The minimum absolute atomic E-state index is 0. The summed E-state index contributed by atoms with van der Waals surface area (Å²) >= 11 is 5.82. The van der Waals surface area contributed by atoms with E-state index in [0.717, 1.165) is 37.5 Å². The molecular weight excluding hydrogens is 485 g/mol. The van der Waals surface area contributed by atoms with E-state index in [1.165, 1.54) is 11.1 Å². The number of hydrogen-bond donors (Lipinski definition) is 2. The van der Waals surface area contributed by atoms with Crippen LogP contribution in [0, 0.1) is 0 Å². The molecule has 0 spiro atoms. The number of hydrogen-bond acceptors (Lipinski definition) is 3. The lowest BCUT2D eigenvalue weighted by Crippen LogP contribution is -2.42. The monoisotopic (exact) mass is 515 g/mol. The molecule has 5 nitrogen and oxygen atoms in total. The molecule has 0 fully saturated rings. The zero-order valence-corrected chi connectivity index (χ0v) is 20.2. The molecular formula is C21H31ClIN5. The number of likely N-dealkylation sites (N-methyl/N-ethyl adjacent to an activating group) is 1. The number of aryl methyl sites for hydroxylation is 1. The second-order valence-electron chi connectivity index (χ2n) is 6.69. The van der Waals surface area contributed by atoms with E-state index in [2.05, 4.69) is 70.8 Å². The van der Waals surface area contributed by atoms with Crippen molar-refractivity contribution in [1.29, 1.82) is 0 Å². The molecule has 28 heavy (non-hydrogen) atoms. The van der Waals surface area contributed by atoms with Crippen LogP contribution in [-0.4, -0.2) is 50.1 Å². The quantitative estimate of drug-likeness (QED) is 0.242. The Labute approximate surface area is 191 Å². The summed E-state index contributed by atoms with van der Waals surface area (Å²) < 4.78 is 0. The standard InChI is InChI=1S/C21H30ClN5.HI/c1-5-16-6-9-18(10-7-16)19(27(3)4)15-26-21(23-2)24-13-12-17-8-11-20(22)25-14-17;/h6-11,14,19H,5,12-13,15H2,1-4H3,(H2,23,24,26);1H. The Bertz CT molecular complexity index is 717. The lowest BCUT2D eigenvalue weighted by molar-refractivity contribution is 0.298. The number of aromatic nitrogens is 1. The first-order valence-corrected chi connectivity index (χ1v) is 9.71. The van der Waals surface area contributed by atoms with Crippen LogP contribution < -0.4 is 10.6 Å². The van der Waals surface area contributed by atoms with Gasteiger partial charge in [-0.1, -0.05) is 48.9 Å². The molecule has 154 valence electrons. The molecule has 0 saturated heterocycles. The molecule has 0 saturated carbocycles. The highest BCUT2D eigenvalue weighted by atomic mass is 127. The van der Waals surface area contributed by atoms with Gasteiger partial charge in [0.1, 0.15) is 5.15 Å². The molecule has 1 unspecified atom stereocenters. The van der Waals surface area contributed by atoms with Crippen molar-refractivity contribution < 1.29 is 0 Å². The highest BCUT2D eigenvalue weighted by Gasteiger charge is 2.14. The van der Waals surface area contributed by atoms with Crippen molar-refractivity contribution in [1.82, 2.24) is 20.5 Å². The summed E-state index contributed by atoms with van der Waals surface area (Å²) in [6, 6.07) is 12.9. The van der Waals surface area contributed by atoms with Gasteiger partial charge in [-0.05, 0) is 49.7 Å². The van der Waals surface area contributed by atoms with Crippen LogP contribution in [0.5, 0.6) is 0 Å². The Morgan fingerprint density at radius 3 is 2.32 bits per heavy atom. The van der Waals surface area contributed by atoms with Gasteiger partial charge in [0.2, 0.25) is 0 Å². The van der Waals surface area contributed by atoms with Crippen molar-refractivity contribution in [3.63, 3.8) is 0 Å². The van der Waals surface area contributed by atoms with Crippen LogP contribution in [0.3, 0.4) is 0 Å². The molecule has 0 aliphatic heterocycles. The summed E-state index contributed by atoms with van der Waals surface area (Å²) in [6.07, 6.45) is 3.73. The fourth-order valence-electron chi connectivity index (χ4n) is 2.87. The molecule has 0 bridgehead atoms. The maximum atomic E-state index is 5.82. The average Bonchev–Trinajstić information content (AvgIpc) is 2.68. The summed E-state index contributed by atoms with van der Waals surface area (Å²) in [5.74, 6) is 0.800. The molecule has 2 N–H and O–H groups in total. The second kappa shape index (κ2) is 13.0. The predicted octanol–water partition coefficient (Wildman–Crippen LogP) is 3.93. The molecule has 1 atom stereocenters. The normalized spacial score (nSPS) is 12.4. The van der Waals surface area contributed by atoms with Crippen LogP contribution in [0.25, 0.3) is 0 Å². The molecule has 0 amide bonds. The van der Waals surface area contributed by atoms with Gasteiger partial charge in [-0.3, -0.25) is 4.99 Å². The number of pyridine rings is 1. The van der Waals surface area contributed by atoms with Crippen molar-refractivity contribution in [2.24, 2.45) is 4.99 Å². The van der Waals surface area contributed by atoms with Crippen LogP contribution in [0.4, 0.5) is 0 Å². The van der Waals surface area contributed by atoms with Gasteiger partial charge in [-0.25, -0.2) is 4.98 Å².